The van der Waals surface area contributed by atoms with Crippen molar-refractivity contribution in [1.82, 2.24) is 14.8 Å². The molecule has 0 fully saturated rings. The van der Waals surface area contributed by atoms with Gasteiger partial charge in [-0.25, -0.2) is 0 Å². The summed E-state index contributed by atoms with van der Waals surface area (Å²) in [5.41, 5.74) is 3.57. The first-order valence-electron chi connectivity index (χ1n) is 6.58. The summed E-state index contributed by atoms with van der Waals surface area (Å²) in [6.45, 7) is 1.45. The second-order valence-electron chi connectivity index (χ2n) is 4.77. The number of rotatable bonds is 5. The molecular weight excluding hydrogens is 240 g/mol. The minimum absolute atomic E-state index is 0.302. The van der Waals surface area contributed by atoms with Crippen LogP contribution in [0, 0.1) is 0 Å². The maximum atomic E-state index is 5.04. The molecule has 0 spiro atoms. The molecule has 1 N–H and O–H groups in total. The van der Waals surface area contributed by atoms with Gasteiger partial charge < -0.3 is 10.1 Å². The predicted octanol–water partition coefficient (Wildman–Crippen LogP) is 2.02. The van der Waals surface area contributed by atoms with Crippen molar-refractivity contribution in [1.29, 1.82) is 0 Å². The van der Waals surface area contributed by atoms with E-state index in [0.717, 1.165) is 25.1 Å². The Labute approximate surface area is 112 Å². The smallest absolute Gasteiger partial charge is 0.0731 e. The number of hydrogen-bond donors (Lipinski definition) is 1. The SMILES string of the molecule is COCCn1cc(NC2CCc3cccnc32)cn1. The fourth-order valence-electron chi connectivity index (χ4n) is 2.50. The van der Waals surface area contributed by atoms with Crippen molar-refractivity contribution in [2.45, 2.75) is 25.4 Å². The molecule has 0 bridgehead atoms. The van der Waals surface area contributed by atoms with E-state index in [0.29, 0.717) is 12.6 Å². The number of hydrogen-bond acceptors (Lipinski definition) is 4. The molecule has 1 aliphatic carbocycles. The topological polar surface area (TPSA) is 52.0 Å². The first-order chi connectivity index (χ1) is 9.36. The van der Waals surface area contributed by atoms with E-state index in [1.807, 2.05) is 29.3 Å². The Bertz CT molecular complexity index is 552. The van der Waals surface area contributed by atoms with E-state index in [9.17, 15) is 0 Å². The van der Waals surface area contributed by atoms with Crippen LogP contribution in [0.4, 0.5) is 5.69 Å². The first kappa shape index (κ1) is 12.2. The number of methoxy groups -OCH3 is 1. The van der Waals surface area contributed by atoms with Crippen molar-refractivity contribution in [3.8, 4) is 0 Å². The summed E-state index contributed by atoms with van der Waals surface area (Å²) in [6.07, 6.45) is 7.92. The van der Waals surface area contributed by atoms with Crippen LogP contribution in [0.1, 0.15) is 23.7 Å². The second kappa shape index (κ2) is 5.40. The number of aryl methyl sites for hydroxylation is 1. The average Bonchev–Trinajstić information content (AvgIpc) is 3.05. The molecule has 0 amide bonds. The fraction of sp³-hybridized carbons (Fsp3) is 0.429. The minimum Gasteiger partial charge on any atom is -0.383 e. The molecule has 0 aromatic carbocycles. The van der Waals surface area contributed by atoms with E-state index >= 15 is 0 Å². The van der Waals surface area contributed by atoms with Crippen LogP contribution in [-0.2, 0) is 17.7 Å². The lowest BCUT2D eigenvalue weighted by molar-refractivity contribution is 0.183. The highest BCUT2D eigenvalue weighted by Crippen LogP contribution is 2.31. The number of nitrogens with zero attached hydrogens (tertiary/aromatic N) is 3. The lowest BCUT2D eigenvalue weighted by Crippen LogP contribution is -2.08. The zero-order chi connectivity index (χ0) is 13.1. The third kappa shape index (κ3) is 2.61. The summed E-state index contributed by atoms with van der Waals surface area (Å²) in [5, 5.41) is 7.81. The van der Waals surface area contributed by atoms with Crippen molar-refractivity contribution >= 4 is 5.69 Å². The van der Waals surface area contributed by atoms with Crippen LogP contribution in [0.2, 0.25) is 0 Å². The van der Waals surface area contributed by atoms with Gasteiger partial charge in [-0.1, -0.05) is 6.07 Å². The van der Waals surface area contributed by atoms with E-state index in [-0.39, 0.29) is 0 Å². The Morgan fingerprint density at radius 2 is 2.47 bits per heavy atom. The number of fused-ring (bicyclic) bond motifs is 1. The molecule has 100 valence electrons. The summed E-state index contributed by atoms with van der Waals surface area (Å²) < 4.78 is 6.93. The van der Waals surface area contributed by atoms with Gasteiger partial charge in [-0.2, -0.15) is 5.10 Å². The van der Waals surface area contributed by atoms with Crippen molar-refractivity contribution < 1.29 is 4.74 Å². The van der Waals surface area contributed by atoms with E-state index in [2.05, 4.69) is 21.5 Å². The lowest BCUT2D eigenvalue weighted by atomic mass is 10.2. The Kier molecular flexibility index (Phi) is 3.46. The Hall–Kier alpha value is -1.88. The molecule has 1 unspecified atom stereocenters. The van der Waals surface area contributed by atoms with E-state index in [1.54, 1.807) is 7.11 Å². The van der Waals surface area contributed by atoms with Crippen LogP contribution in [-0.4, -0.2) is 28.5 Å². The molecule has 0 radical (unpaired) electrons. The third-order valence-electron chi connectivity index (χ3n) is 3.46. The molecule has 0 saturated carbocycles. The van der Waals surface area contributed by atoms with Gasteiger partial charge in [0.1, 0.15) is 0 Å². The van der Waals surface area contributed by atoms with E-state index in [1.165, 1.54) is 11.3 Å². The number of pyridine rings is 1. The normalized spacial score (nSPS) is 17.4. The molecule has 2 aromatic heterocycles. The number of aromatic nitrogens is 3. The molecule has 2 aromatic rings. The maximum absolute atomic E-state index is 5.04. The molecule has 0 aliphatic heterocycles. The largest absolute Gasteiger partial charge is 0.383 e. The van der Waals surface area contributed by atoms with Crippen LogP contribution in [0.5, 0.6) is 0 Å². The summed E-state index contributed by atoms with van der Waals surface area (Å²) in [6, 6.07) is 4.46. The summed E-state index contributed by atoms with van der Waals surface area (Å²) in [7, 11) is 1.70. The van der Waals surface area contributed by atoms with Gasteiger partial charge >= 0.3 is 0 Å². The minimum atomic E-state index is 0.302. The molecule has 5 nitrogen and oxygen atoms in total. The highest BCUT2D eigenvalue weighted by Gasteiger charge is 2.23. The quantitative estimate of drug-likeness (QED) is 0.891. The van der Waals surface area contributed by atoms with Gasteiger partial charge in [-0.15, -0.1) is 0 Å². The highest BCUT2D eigenvalue weighted by atomic mass is 16.5. The lowest BCUT2D eigenvalue weighted by Gasteiger charge is -2.12. The maximum Gasteiger partial charge on any atom is 0.0731 e. The molecule has 1 atom stereocenters. The van der Waals surface area contributed by atoms with Gasteiger partial charge in [0.25, 0.3) is 0 Å². The van der Waals surface area contributed by atoms with Gasteiger partial charge in [0.15, 0.2) is 0 Å². The second-order valence-corrected chi connectivity index (χ2v) is 4.77. The molecule has 0 saturated heterocycles. The van der Waals surface area contributed by atoms with Gasteiger partial charge in [0.05, 0.1) is 36.8 Å². The van der Waals surface area contributed by atoms with Crippen molar-refractivity contribution in [3.05, 3.63) is 42.0 Å². The Morgan fingerprint density at radius 3 is 3.37 bits per heavy atom. The Balaban J connectivity index is 1.68. The van der Waals surface area contributed by atoms with Crippen LogP contribution < -0.4 is 5.32 Å². The van der Waals surface area contributed by atoms with Crippen LogP contribution in [0.15, 0.2) is 30.7 Å². The van der Waals surface area contributed by atoms with E-state index in [4.69, 9.17) is 4.74 Å². The number of ether oxygens (including phenoxy) is 1. The number of anilines is 1. The zero-order valence-corrected chi connectivity index (χ0v) is 11.0. The van der Waals surface area contributed by atoms with Crippen molar-refractivity contribution in [2.24, 2.45) is 0 Å². The van der Waals surface area contributed by atoms with Crippen LogP contribution in [0.25, 0.3) is 0 Å². The number of nitrogens with one attached hydrogen (secondary N) is 1. The summed E-state index contributed by atoms with van der Waals surface area (Å²) in [4.78, 5) is 4.48. The molecule has 19 heavy (non-hydrogen) atoms. The molecule has 3 rings (SSSR count). The summed E-state index contributed by atoms with van der Waals surface area (Å²) >= 11 is 0. The fourth-order valence-corrected chi connectivity index (χ4v) is 2.50. The Morgan fingerprint density at radius 1 is 1.53 bits per heavy atom. The van der Waals surface area contributed by atoms with E-state index < -0.39 is 0 Å². The molecule has 2 heterocycles. The third-order valence-corrected chi connectivity index (χ3v) is 3.46. The van der Waals surface area contributed by atoms with Gasteiger partial charge in [0, 0.05) is 19.5 Å². The zero-order valence-electron chi connectivity index (χ0n) is 11.0. The van der Waals surface area contributed by atoms with Crippen LogP contribution >= 0.6 is 0 Å². The average molecular weight is 258 g/mol. The first-order valence-corrected chi connectivity index (χ1v) is 6.58. The van der Waals surface area contributed by atoms with Gasteiger partial charge in [0.2, 0.25) is 0 Å². The molecule has 1 aliphatic rings. The molecule has 5 heteroatoms. The van der Waals surface area contributed by atoms with Crippen LogP contribution in [0.3, 0.4) is 0 Å². The highest BCUT2D eigenvalue weighted by molar-refractivity contribution is 5.43. The molecular formula is C14H18N4O. The predicted molar refractivity (Wildman–Crippen MR) is 73.0 cm³/mol. The van der Waals surface area contributed by atoms with Crippen molar-refractivity contribution in [2.75, 3.05) is 19.0 Å². The summed E-state index contributed by atoms with van der Waals surface area (Å²) in [5.74, 6) is 0. The van der Waals surface area contributed by atoms with Crippen molar-refractivity contribution in [3.63, 3.8) is 0 Å². The standard InChI is InChI=1S/C14H18N4O/c1-19-8-7-18-10-12(9-16-18)17-13-5-4-11-3-2-6-15-14(11)13/h2-3,6,9-10,13,17H,4-5,7-8H2,1H3. The van der Waals surface area contributed by atoms with Gasteiger partial charge in [-0.05, 0) is 24.5 Å². The monoisotopic (exact) mass is 258 g/mol. The van der Waals surface area contributed by atoms with Gasteiger partial charge in [-0.3, -0.25) is 9.67 Å².